The van der Waals surface area contributed by atoms with Gasteiger partial charge in [-0.15, -0.1) is 0 Å². The van der Waals surface area contributed by atoms with E-state index in [1.54, 1.807) is 25.1 Å². The molecular formula is C24H21NO3. The van der Waals surface area contributed by atoms with Crippen molar-refractivity contribution in [3.05, 3.63) is 94.0 Å². The van der Waals surface area contributed by atoms with Crippen LogP contribution < -0.4 is 4.90 Å². The summed E-state index contributed by atoms with van der Waals surface area (Å²) in [6.07, 6.45) is 0. The van der Waals surface area contributed by atoms with Gasteiger partial charge in [0.25, 0.3) is 5.91 Å². The first-order valence-electron chi connectivity index (χ1n) is 9.22. The van der Waals surface area contributed by atoms with Crippen molar-refractivity contribution in [3.63, 3.8) is 0 Å². The van der Waals surface area contributed by atoms with Crippen LogP contribution in [0.1, 0.15) is 49.0 Å². The number of aryl methyl sites for hydroxylation is 3. The van der Waals surface area contributed by atoms with Crippen molar-refractivity contribution in [2.24, 2.45) is 0 Å². The van der Waals surface area contributed by atoms with Gasteiger partial charge in [-0.2, -0.15) is 0 Å². The lowest BCUT2D eigenvalue weighted by Crippen LogP contribution is -2.33. The van der Waals surface area contributed by atoms with Gasteiger partial charge in [-0.1, -0.05) is 42.0 Å². The smallest absolute Gasteiger partial charge is 0.259 e. The highest BCUT2D eigenvalue weighted by Gasteiger charge is 2.43. The molecule has 3 aromatic rings. The Labute approximate surface area is 164 Å². The molecule has 0 fully saturated rings. The van der Waals surface area contributed by atoms with Crippen LogP contribution in [0.15, 0.2) is 60.7 Å². The van der Waals surface area contributed by atoms with Crippen molar-refractivity contribution in [2.45, 2.75) is 26.8 Å². The Kier molecular flexibility index (Phi) is 4.27. The third-order valence-corrected chi connectivity index (χ3v) is 5.23. The van der Waals surface area contributed by atoms with Gasteiger partial charge in [-0.3, -0.25) is 14.5 Å². The van der Waals surface area contributed by atoms with Gasteiger partial charge in [-0.25, -0.2) is 0 Å². The summed E-state index contributed by atoms with van der Waals surface area (Å²) in [7, 11) is 0. The first-order chi connectivity index (χ1) is 13.4. The zero-order chi connectivity index (χ0) is 20.0. The molecule has 0 saturated heterocycles. The predicted molar refractivity (Wildman–Crippen MR) is 109 cm³/mol. The van der Waals surface area contributed by atoms with E-state index < -0.39 is 6.04 Å². The molecule has 4 rings (SSSR count). The minimum absolute atomic E-state index is 0.0526. The molecular weight excluding hydrogens is 350 g/mol. The molecule has 1 heterocycles. The molecule has 1 aliphatic rings. The zero-order valence-corrected chi connectivity index (χ0v) is 16.1. The van der Waals surface area contributed by atoms with Crippen LogP contribution in [-0.2, 0) is 0 Å². The Balaban J connectivity index is 1.90. The van der Waals surface area contributed by atoms with Crippen LogP contribution in [0.5, 0.6) is 5.75 Å². The Bertz CT molecular complexity index is 1080. The van der Waals surface area contributed by atoms with Gasteiger partial charge in [0, 0.05) is 11.3 Å². The van der Waals surface area contributed by atoms with Crippen molar-refractivity contribution in [2.75, 3.05) is 4.90 Å². The number of carbonyl (C=O) groups excluding carboxylic acids is 2. The lowest BCUT2D eigenvalue weighted by Gasteiger charge is -2.25. The van der Waals surface area contributed by atoms with Crippen LogP contribution in [0.2, 0.25) is 0 Å². The number of hydrogen-bond acceptors (Lipinski definition) is 3. The third-order valence-electron chi connectivity index (χ3n) is 5.23. The highest BCUT2D eigenvalue weighted by atomic mass is 16.3. The Morgan fingerprint density at radius 1 is 0.929 bits per heavy atom. The quantitative estimate of drug-likeness (QED) is 0.666. The zero-order valence-electron chi connectivity index (χ0n) is 16.1. The number of nitrogens with zero attached hydrogens (tertiary/aromatic N) is 1. The van der Waals surface area contributed by atoms with Crippen LogP contribution in [-0.4, -0.2) is 16.8 Å². The average molecular weight is 371 g/mol. The summed E-state index contributed by atoms with van der Waals surface area (Å²) < 4.78 is 0. The average Bonchev–Trinajstić information content (AvgIpc) is 2.94. The summed E-state index contributed by atoms with van der Waals surface area (Å²) in [6, 6.07) is 17.4. The highest BCUT2D eigenvalue weighted by molar-refractivity contribution is 6.19. The van der Waals surface area contributed by atoms with Crippen molar-refractivity contribution in [1.82, 2.24) is 0 Å². The van der Waals surface area contributed by atoms with Gasteiger partial charge in [0.1, 0.15) is 11.8 Å². The van der Waals surface area contributed by atoms with Crippen LogP contribution >= 0.6 is 0 Å². The molecule has 1 aliphatic heterocycles. The molecule has 4 heteroatoms. The van der Waals surface area contributed by atoms with E-state index in [0.717, 1.165) is 11.1 Å². The number of ketones is 1. The number of phenolic OH excluding ortho intramolecular Hbond substituents is 1. The Hall–Kier alpha value is -3.40. The number of benzene rings is 3. The molecule has 1 amide bonds. The van der Waals surface area contributed by atoms with E-state index in [-0.39, 0.29) is 23.0 Å². The number of phenols is 1. The number of hydrogen-bond donors (Lipinski definition) is 1. The van der Waals surface area contributed by atoms with Gasteiger partial charge in [0.15, 0.2) is 5.78 Å². The molecule has 0 radical (unpaired) electrons. The van der Waals surface area contributed by atoms with Gasteiger partial charge >= 0.3 is 0 Å². The summed E-state index contributed by atoms with van der Waals surface area (Å²) in [4.78, 5) is 28.3. The summed E-state index contributed by atoms with van der Waals surface area (Å²) in [5, 5.41) is 10.5. The number of anilines is 1. The summed E-state index contributed by atoms with van der Waals surface area (Å²) in [5.41, 5.74) is 4.76. The van der Waals surface area contributed by atoms with Crippen LogP contribution in [0.4, 0.5) is 5.69 Å². The second-order valence-electron chi connectivity index (χ2n) is 7.34. The molecule has 1 atom stereocenters. The standard InChI is InChI=1S/C24H21NO3/c1-14-8-10-17(11-9-14)25-22(18-6-4-5-7-19(18)24(25)28)23(27)21-16(3)12-15(2)13-20(21)26/h4-13,22,26H,1-3H3/t22-/m0/s1. The van der Waals surface area contributed by atoms with E-state index >= 15 is 0 Å². The number of carbonyl (C=O) groups is 2. The van der Waals surface area contributed by atoms with E-state index in [4.69, 9.17) is 0 Å². The summed E-state index contributed by atoms with van der Waals surface area (Å²) >= 11 is 0. The number of amides is 1. The normalized spacial score (nSPS) is 15.6. The fraction of sp³-hybridized carbons (Fsp3) is 0.167. The molecule has 3 aromatic carbocycles. The minimum Gasteiger partial charge on any atom is -0.507 e. The fourth-order valence-corrected chi connectivity index (χ4v) is 3.95. The Morgan fingerprint density at radius 2 is 1.61 bits per heavy atom. The molecule has 4 nitrogen and oxygen atoms in total. The molecule has 0 spiro atoms. The molecule has 140 valence electrons. The van der Waals surface area contributed by atoms with E-state index in [2.05, 4.69) is 0 Å². The number of Topliss-reactive ketones (excluding diaryl/α,β-unsaturated/α-hetero) is 1. The van der Waals surface area contributed by atoms with E-state index in [1.165, 1.54) is 4.90 Å². The van der Waals surface area contributed by atoms with Crippen molar-refractivity contribution >= 4 is 17.4 Å². The van der Waals surface area contributed by atoms with E-state index in [9.17, 15) is 14.7 Å². The van der Waals surface area contributed by atoms with Crippen molar-refractivity contribution in [3.8, 4) is 5.75 Å². The lowest BCUT2D eigenvalue weighted by molar-refractivity contribution is 0.0914. The first-order valence-corrected chi connectivity index (χ1v) is 9.22. The van der Waals surface area contributed by atoms with E-state index in [1.807, 2.05) is 56.3 Å². The van der Waals surface area contributed by atoms with Gasteiger partial charge < -0.3 is 5.11 Å². The maximum atomic E-state index is 13.6. The molecule has 0 aromatic heterocycles. The van der Waals surface area contributed by atoms with Gasteiger partial charge in [0.05, 0.1) is 5.56 Å². The molecule has 0 unspecified atom stereocenters. The Morgan fingerprint density at radius 3 is 2.29 bits per heavy atom. The van der Waals surface area contributed by atoms with Gasteiger partial charge in [-0.05, 0) is 61.7 Å². The third kappa shape index (κ3) is 2.78. The van der Waals surface area contributed by atoms with Crippen LogP contribution in [0.3, 0.4) is 0 Å². The topological polar surface area (TPSA) is 57.6 Å². The highest BCUT2D eigenvalue weighted by Crippen LogP contribution is 2.41. The second-order valence-corrected chi connectivity index (χ2v) is 7.34. The minimum atomic E-state index is -0.807. The van der Waals surface area contributed by atoms with E-state index in [0.29, 0.717) is 22.4 Å². The molecule has 1 N–H and O–H groups in total. The predicted octanol–water partition coefficient (Wildman–Crippen LogP) is 4.90. The molecule has 0 aliphatic carbocycles. The molecule has 0 bridgehead atoms. The second kappa shape index (κ2) is 6.64. The molecule has 28 heavy (non-hydrogen) atoms. The maximum Gasteiger partial charge on any atom is 0.259 e. The van der Waals surface area contributed by atoms with Crippen LogP contribution in [0, 0.1) is 20.8 Å². The largest absolute Gasteiger partial charge is 0.507 e. The SMILES string of the molecule is Cc1ccc(N2C(=O)c3ccccc3[C@H]2C(=O)c2c(C)cc(C)cc2O)cc1. The number of aromatic hydroxyl groups is 1. The van der Waals surface area contributed by atoms with Crippen molar-refractivity contribution < 1.29 is 14.7 Å². The summed E-state index contributed by atoms with van der Waals surface area (Å²) in [5.74, 6) is -0.542. The lowest BCUT2D eigenvalue weighted by atomic mass is 9.92. The molecule has 0 saturated carbocycles. The first kappa shape index (κ1) is 18.0. The maximum absolute atomic E-state index is 13.6. The monoisotopic (exact) mass is 371 g/mol. The van der Waals surface area contributed by atoms with Crippen molar-refractivity contribution in [1.29, 1.82) is 0 Å². The van der Waals surface area contributed by atoms with Gasteiger partial charge in [0.2, 0.25) is 0 Å². The fourth-order valence-electron chi connectivity index (χ4n) is 3.95. The number of rotatable bonds is 3. The number of fused-ring (bicyclic) bond motifs is 1. The van der Waals surface area contributed by atoms with Crippen LogP contribution in [0.25, 0.3) is 0 Å². The summed E-state index contributed by atoms with van der Waals surface area (Å²) in [6.45, 7) is 5.65.